The van der Waals surface area contributed by atoms with E-state index < -0.39 is 35.9 Å². The minimum Gasteiger partial charge on any atom is -0.481 e. The molecule has 0 aromatic rings. The number of carboxylic acid groups (broad SMARTS) is 1. The van der Waals surface area contributed by atoms with Crippen molar-refractivity contribution in [2.75, 3.05) is 13.2 Å². The second-order valence-corrected chi connectivity index (χ2v) is 4.70. The number of carbonyl (C=O) groups excluding carboxylic acids is 1. The van der Waals surface area contributed by atoms with Crippen LogP contribution < -0.4 is 5.32 Å². The van der Waals surface area contributed by atoms with Gasteiger partial charge >= 0.3 is 5.97 Å². The first-order chi connectivity index (χ1) is 7.32. The molecule has 3 unspecified atom stereocenters. The lowest BCUT2D eigenvalue weighted by molar-refractivity contribution is -0.140. The molecular formula is C10H17NO5. The zero-order chi connectivity index (χ0) is 12.5. The van der Waals surface area contributed by atoms with Crippen molar-refractivity contribution in [2.24, 2.45) is 17.3 Å². The first kappa shape index (κ1) is 12.9. The van der Waals surface area contributed by atoms with Gasteiger partial charge in [0.2, 0.25) is 5.91 Å². The third-order valence-electron chi connectivity index (χ3n) is 3.10. The lowest BCUT2D eigenvalue weighted by Crippen LogP contribution is -2.35. The minimum atomic E-state index is -1.01. The summed E-state index contributed by atoms with van der Waals surface area (Å²) in [4.78, 5) is 22.4. The molecule has 1 amide bonds. The molecule has 0 heterocycles. The molecule has 0 bridgehead atoms. The summed E-state index contributed by atoms with van der Waals surface area (Å²) in [6.45, 7) is 2.95. The Bertz CT molecular complexity index is 302. The first-order valence-corrected chi connectivity index (χ1v) is 5.11. The highest BCUT2D eigenvalue weighted by molar-refractivity contribution is 5.91. The highest BCUT2D eigenvalue weighted by atomic mass is 16.4. The predicted octanol–water partition coefficient (Wildman–Crippen LogP) is -1.19. The Labute approximate surface area is 93.3 Å². The number of rotatable bonds is 5. The van der Waals surface area contributed by atoms with E-state index in [1.165, 1.54) is 0 Å². The zero-order valence-electron chi connectivity index (χ0n) is 9.30. The lowest BCUT2D eigenvalue weighted by atomic mass is 10.1. The van der Waals surface area contributed by atoms with Crippen LogP contribution in [-0.4, -0.2) is 46.5 Å². The summed E-state index contributed by atoms with van der Waals surface area (Å²) in [5.74, 6) is -2.59. The number of hydrogen-bond acceptors (Lipinski definition) is 4. The van der Waals surface area contributed by atoms with Crippen LogP contribution in [0.1, 0.15) is 13.8 Å². The van der Waals surface area contributed by atoms with E-state index in [1.54, 1.807) is 13.8 Å². The van der Waals surface area contributed by atoms with Crippen LogP contribution in [0.25, 0.3) is 0 Å². The second-order valence-electron chi connectivity index (χ2n) is 4.70. The SMILES string of the molecule is CC1(C)C(C(=O)O)C1C(=O)NCC(O)CO. The lowest BCUT2D eigenvalue weighted by Gasteiger charge is -2.09. The van der Waals surface area contributed by atoms with E-state index in [4.69, 9.17) is 15.3 Å². The van der Waals surface area contributed by atoms with Gasteiger partial charge in [0.25, 0.3) is 0 Å². The summed E-state index contributed by atoms with van der Waals surface area (Å²) in [6.07, 6.45) is -1.01. The van der Waals surface area contributed by atoms with Crippen LogP contribution in [0.4, 0.5) is 0 Å². The number of aliphatic carboxylic acids is 1. The van der Waals surface area contributed by atoms with Crippen LogP contribution in [0.5, 0.6) is 0 Å². The van der Waals surface area contributed by atoms with Crippen LogP contribution in [0.3, 0.4) is 0 Å². The largest absolute Gasteiger partial charge is 0.481 e. The van der Waals surface area contributed by atoms with E-state index in [0.717, 1.165) is 0 Å². The van der Waals surface area contributed by atoms with Crippen molar-refractivity contribution in [1.82, 2.24) is 5.32 Å². The highest BCUT2D eigenvalue weighted by Crippen LogP contribution is 2.58. The van der Waals surface area contributed by atoms with Gasteiger partial charge in [-0.25, -0.2) is 0 Å². The van der Waals surface area contributed by atoms with Crippen molar-refractivity contribution in [3.63, 3.8) is 0 Å². The molecule has 1 saturated carbocycles. The standard InChI is InChI=1S/C10H17NO5/c1-10(2)6(7(10)9(15)16)8(14)11-3-5(13)4-12/h5-7,12-13H,3-4H2,1-2H3,(H,11,14)(H,15,16). The fraction of sp³-hybridized carbons (Fsp3) is 0.800. The van der Waals surface area contributed by atoms with Crippen molar-refractivity contribution in [3.8, 4) is 0 Å². The molecule has 92 valence electrons. The molecule has 1 aliphatic carbocycles. The van der Waals surface area contributed by atoms with Crippen LogP contribution in [0.15, 0.2) is 0 Å². The van der Waals surface area contributed by atoms with Gasteiger partial charge in [-0.05, 0) is 5.41 Å². The van der Waals surface area contributed by atoms with E-state index in [0.29, 0.717) is 0 Å². The molecule has 0 radical (unpaired) electrons. The molecule has 1 aliphatic rings. The summed E-state index contributed by atoms with van der Waals surface area (Å²) in [7, 11) is 0. The van der Waals surface area contributed by atoms with Crippen LogP contribution in [0.2, 0.25) is 0 Å². The molecule has 0 aliphatic heterocycles. The monoisotopic (exact) mass is 231 g/mol. The second kappa shape index (κ2) is 4.39. The molecule has 4 N–H and O–H groups in total. The van der Waals surface area contributed by atoms with Crippen molar-refractivity contribution >= 4 is 11.9 Å². The molecule has 1 fully saturated rings. The maximum atomic E-state index is 11.6. The number of aliphatic hydroxyl groups is 2. The third-order valence-corrected chi connectivity index (χ3v) is 3.10. The molecule has 0 aromatic carbocycles. The topological polar surface area (TPSA) is 107 Å². The fourth-order valence-electron chi connectivity index (χ4n) is 1.98. The molecule has 16 heavy (non-hydrogen) atoms. The average Bonchev–Trinajstić information content (AvgIpc) is 2.77. The normalized spacial score (nSPS) is 28.2. The maximum Gasteiger partial charge on any atom is 0.307 e. The molecule has 0 aromatic heterocycles. The Kier molecular flexibility index (Phi) is 3.54. The molecular weight excluding hydrogens is 214 g/mol. The van der Waals surface area contributed by atoms with E-state index >= 15 is 0 Å². The fourth-order valence-corrected chi connectivity index (χ4v) is 1.98. The van der Waals surface area contributed by atoms with E-state index in [-0.39, 0.29) is 12.5 Å². The molecule has 0 spiro atoms. The van der Waals surface area contributed by atoms with Gasteiger partial charge in [0.15, 0.2) is 0 Å². The van der Waals surface area contributed by atoms with Crippen molar-refractivity contribution in [3.05, 3.63) is 0 Å². The molecule has 3 atom stereocenters. The van der Waals surface area contributed by atoms with Gasteiger partial charge in [0.05, 0.1) is 24.5 Å². The molecule has 6 nitrogen and oxygen atoms in total. The maximum absolute atomic E-state index is 11.6. The number of amides is 1. The Morgan fingerprint density at radius 1 is 1.38 bits per heavy atom. The van der Waals surface area contributed by atoms with Gasteiger partial charge in [-0.3, -0.25) is 9.59 Å². The third kappa shape index (κ3) is 2.33. The Balaban J connectivity index is 2.48. The molecule has 0 saturated heterocycles. The Hall–Kier alpha value is -1.14. The van der Waals surface area contributed by atoms with Gasteiger partial charge in [0.1, 0.15) is 0 Å². The van der Waals surface area contributed by atoms with E-state index in [2.05, 4.69) is 5.32 Å². The average molecular weight is 231 g/mol. The van der Waals surface area contributed by atoms with Crippen LogP contribution in [0, 0.1) is 17.3 Å². The summed E-state index contributed by atoms with van der Waals surface area (Å²) in [5.41, 5.74) is -0.542. The van der Waals surface area contributed by atoms with Crippen LogP contribution >= 0.6 is 0 Å². The van der Waals surface area contributed by atoms with Gasteiger partial charge in [-0.15, -0.1) is 0 Å². The number of hydrogen-bond donors (Lipinski definition) is 4. The predicted molar refractivity (Wildman–Crippen MR) is 54.5 cm³/mol. The molecule has 6 heteroatoms. The van der Waals surface area contributed by atoms with Gasteiger partial charge in [-0.2, -0.15) is 0 Å². The minimum absolute atomic E-state index is 0.0613. The first-order valence-electron chi connectivity index (χ1n) is 5.11. The smallest absolute Gasteiger partial charge is 0.307 e. The highest BCUT2D eigenvalue weighted by Gasteiger charge is 2.65. The van der Waals surface area contributed by atoms with Crippen LogP contribution in [-0.2, 0) is 9.59 Å². The Morgan fingerprint density at radius 2 is 1.94 bits per heavy atom. The number of carbonyl (C=O) groups is 2. The quantitative estimate of drug-likeness (QED) is 0.476. The number of carboxylic acids is 1. The summed E-state index contributed by atoms with van der Waals surface area (Å²) in [6, 6.07) is 0. The zero-order valence-corrected chi connectivity index (χ0v) is 9.30. The van der Waals surface area contributed by atoms with Crippen molar-refractivity contribution in [2.45, 2.75) is 20.0 Å². The van der Waals surface area contributed by atoms with E-state index in [9.17, 15) is 9.59 Å². The Morgan fingerprint density at radius 3 is 2.31 bits per heavy atom. The van der Waals surface area contributed by atoms with E-state index in [1.807, 2.05) is 0 Å². The van der Waals surface area contributed by atoms with Gasteiger partial charge in [-0.1, -0.05) is 13.8 Å². The van der Waals surface area contributed by atoms with Gasteiger partial charge < -0.3 is 20.6 Å². The summed E-state index contributed by atoms with van der Waals surface area (Å²) in [5, 5.41) is 28.9. The number of nitrogens with one attached hydrogen (secondary N) is 1. The van der Waals surface area contributed by atoms with Crippen molar-refractivity contribution in [1.29, 1.82) is 0 Å². The van der Waals surface area contributed by atoms with Crippen molar-refractivity contribution < 1.29 is 24.9 Å². The summed E-state index contributed by atoms with van der Waals surface area (Å²) < 4.78 is 0. The number of aliphatic hydroxyl groups excluding tert-OH is 2. The summed E-state index contributed by atoms with van der Waals surface area (Å²) >= 11 is 0. The van der Waals surface area contributed by atoms with Gasteiger partial charge in [0, 0.05) is 6.54 Å². The molecule has 1 rings (SSSR count).